The van der Waals surface area contributed by atoms with Crippen LogP contribution >= 0.6 is 0 Å². The highest BCUT2D eigenvalue weighted by Crippen LogP contribution is 2.37. The molecule has 2 N–H and O–H groups in total. The van der Waals surface area contributed by atoms with E-state index in [0.717, 1.165) is 25.1 Å². The molecule has 2 aliphatic heterocycles. The van der Waals surface area contributed by atoms with Crippen molar-refractivity contribution in [3.63, 3.8) is 0 Å². The van der Waals surface area contributed by atoms with Crippen molar-refractivity contribution in [1.29, 1.82) is 0 Å². The Labute approximate surface area is 151 Å². The maximum atomic E-state index is 13.6. The van der Waals surface area contributed by atoms with Gasteiger partial charge in [-0.25, -0.2) is 4.39 Å². The number of benzene rings is 2. The minimum absolute atomic E-state index is 0.00730. The molecule has 6 heteroatoms. The molecule has 0 bridgehead atoms. The molecule has 2 aromatic carbocycles. The predicted molar refractivity (Wildman–Crippen MR) is 97.9 cm³/mol. The van der Waals surface area contributed by atoms with Gasteiger partial charge in [0.1, 0.15) is 11.9 Å². The molecule has 2 aromatic rings. The molecule has 0 aliphatic carbocycles. The first kappa shape index (κ1) is 16.6. The molecular weight excluding hydrogens is 333 g/mol. The standard InChI is InChI=1S/C20H20FN3O2/c21-15-5-2-1-4-13(15)9-10-22-19(25)14-7-8-17-16(12-14)23-20(26)18-6-3-11-24(17)18/h1-2,4-5,7-8,12,18H,3,6,9-11H2,(H,22,25)(H,23,26)/t18-/m0/s1. The van der Waals surface area contributed by atoms with E-state index in [1.165, 1.54) is 6.07 Å². The van der Waals surface area contributed by atoms with Crippen molar-refractivity contribution >= 4 is 23.2 Å². The van der Waals surface area contributed by atoms with Gasteiger partial charge < -0.3 is 15.5 Å². The quantitative estimate of drug-likeness (QED) is 0.888. The number of amides is 2. The van der Waals surface area contributed by atoms with E-state index in [1.54, 1.807) is 30.3 Å². The molecule has 0 radical (unpaired) electrons. The summed E-state index contributed by atoms with van der Waals surface area (Å²) >= 11 is 0. The van der Waals surface area contributed by atoms with Crippen molar-refractivity contribution < 1.29 is 14.0 Å². The number of nitrogens with one attached hydrogen (secondary N) is 2. The van der Waals surface area contributed by atoms with Crippen LogP contribution in [0.4, 0.5) is 15.8 Å². The lowest BCUT2D eigenvalue weighted by molar-refractivity contribution is -0.117. The summed E-state index contributed by atoms with van der Waals surface area (Å²) in [5.41, 5.74) is 2.70. The number of nitrogens with zero attached hydrogens (tertiary/aromatic N) is 1. The van der Waals surface area contributed by atoms with Gasteiger partial charge in [-0.1, -0.05) is 18.2 Å². The number of carbonyl (C=O) groups is 2. The molecule has 2 amide bonds. The summed E-state index contributed by atoms with van der Waals surface area (Å²) in [6, 6.07) is 11.8. The van der Waals surface area contributed by atoms with Gasteiger partial charge in [-0.05, 0) is 49.1 Å². The van der Waals surface area contributed by atoms with Crippen LogP contribution in [0, 0.1) is 5.82 Å². The minimum Gasteiger partial charge on any atom is -0.358 e. The lowest BCUT2D eigenvalue weighted by Gasteiger charge is -2.33. The number of halogens is 1. The van der Waals surface area contributed by atoms with Crippen LogP contribution < -0.4 is 15.5 Å². The first-order valence-electron chi connectivity index (χ1n) is 8.86. The molecule has 26 heavy (non-hydrogen) atoms. The van der Waals surface area contributed by atoms with Crippen LogP contribution in [0.2, 0.25) is 0 Å². The maximum Gasteiger partial charge on any atom is 0.251 e. The van der Waals surface area contributed by atoms with Crippen LogP contribution in [0.25, 0.3) is 0 Å². The van der Waals surface area contributed by atoms with E-state index in [4.69, 9.17) is 0 Å². The number of hydrogen-bond donors (Lipinski definition) is 2. The first-order valence-corrected chi connectivity index (χ1v) is 8.86. The fraction of sp³-hybridized carbons (Fsp3) is 0.300. The van der Waals surface area contributed by atoms with Gasteiger partial charge in [0.25, 0.3) is 5.91 Å². The van der Waals surface area contributed by atoms with E-state index in [0.29, 0.717) is 29.8 Å². The minimum atomic E-state index is -0.265. The average molecular weight is 353 g/mol. The Morgan fingerprint density at radius 1 is 1.27 bits per heavy atom. The Morgan fingerprint density at radius 3 is 2.96 bits per heavy atom. The Hall–Kier alpha value is -2.89. The van der Waals surface area contributed by atoms with Crippen molar-refractivity contribution in [3.8, 4) is 0 Å². The molecule has 1 atom stereocenters. The van der Waals surface area contributed by atoms with Crippen molar-refractivity contribution in [2.24, 2.45) is 0 Å². The van der Waals surface area contributed by atoms with Gasteiger partial charge in [-0.2, -0.15) is 0 Å². The Morgan fingerprint density at radius 2 is 2.12 bits per heavy atom. The monoisotopic (exact) mass is 353 g/mol. The largest absolute Gasteiger partial charge is 0.358 e. The molecule has 1 saturated heterocycles. The van der Waals surface area contributed by atoms with Crippen LogP contribution in [-0.2, 0) is 11.2 Å². The Bertz CT molecular complexity index is 868. The molecule has 1 fully saturated rings. The summed E-state index contributed by atoms with van der Waals surface area (Å²) in [4.78, 5) is 26.7. The molecule has 2 heterocycles. The van der Waals surface area contributed by atoms with E-state index in [9.17, 15) is 14.0 Å². The maximum absolute atomic E-state index is 13.6. The Balaban J connectivity index is 1.43. The third kappa shape index (κ3) is 3.03. The van der Waals surface area contributed by atoms with E-state index < -0.39 is 0 Å². The van der Waals surface area contributed by atoms with Crippen molar-refractivity contribution in [1.82, 2.24) is 5.32 Å². The summed E-state index contributed by atoms with van der Waals surface area (Å²) in [7, 11) is 0. The normalized spacial score (nSPS) is 18.1. The molecule has 134 valence electrons. The lowest BCUT2D eigenvalue weighted by Crippen LogP contribution is -2.44. The van der Waals surface area contributed by atoms with Crippen LogP contribution in [0.5, 0.6) is 0 Å². The molecule has 0 unspecified atom stereocenters. The van der Waals surface area contributed by atoms with Gasteiger partial charge in [0.15, 0.2) is 0 Å². The molecular formula is C20H20FN3O2. The third-order valence-electron chi connectivity index (χ3n) is 5.02. The molecule has 5 nitrogen and oxygen atoms in total. The van der Waals surface area contributed by atoms with Crippen LogP contribution in [-0.4, -0.2) is 30.9 Å². The zero-order valence-corrected chi connectivity index (χ0v) is 14.3. The topological polar surface area (TPSA) is 61.4 Å². The second-order valence-electron chi connectivity index (χ2n) is 6.67. The first-order chi connectivity index (χ1) is 12.6. The zero-order chi connectivity index (χ0) is 18.1. The van der Waals surface area contributed by atoms with Crippen LogP contribution in [0.3, 0.4) is 0 Å². The fourth-order valence-corrected chi connectivity index (χ4v) is 3.69. The number of fused-ring (bicyclic) bond motifs is 3. The zero-order valence-electron chi connectivity index (χ0n) is 14.3. The highest BCUT2D eigenvalue weighted by Gasteiger charge is 2.36. The molecule has 0 spiro atoms. The lowest BCUT2D eigenvalue weighted by atomic mass is 10.1. The number of anilines is 2. The second kappa shape index (κ2) is 6.78. The molecule has 0 saturated carbocycles. The third-order valence-corrected chi connectivity index (χ3v) is 5.02. The average Bonchev–Trinajstić information content (AvgIpc) is 3.13. The van der Waals surface area contributed by atoms with E-state index in [1.807, 2.05) is 6.07 Å². The van der Waals surface area contributed by atoms with E-state index in [2.05, 4.69) is 15.5 Å². The second-order valence-corrected chi connectivity index (χ2v) is 6.67. The van der Waals surface area contributed by atoms with Crippen molar-refractivity contribution in [2.75, 3.05) is 23.3 Å². The van der Waals surface area contributed by atoms with Gasteiger partial charge in [0.05, 0.1) is 11.4 Å². The summed E-state index contributed by atoms with van der Waals surface area (Å²) in [6.45, 7) is 1.21. The smallest absolute Gasteiger partial charge is 0.251 e. The molecule has 0 aromatic heterocycles. The summed E-state index contributed by atoms with van der Waals surface area (Å²) in [5, 5.41) is 5.71. The highest BCUT2D eigenvalue weighted by molar-refractivity contribution is 6.06. The SMILES string of the molecule is O=C(NCCc1ccccc1F)c1ccc2c(c1)NC(=O)[C@@H]1CCCN21. The summed E-state index contributed by atoms with van der Waals surface area (Å²) in [5.74, 6) is -0.507. The Kier molecular flexibility index (Phi) is 4.32. The number of rotatable bonds is 4. The fourth-order valence-electron chi connectivity index (χ4n) is 3.69. The number of hydrogen-bond acceptors (Lipinski definition) is 3. The molecule has 2 aliphatic rings. The van der Waals surface area contributed by atoms with Crippen molar-refractivity contribution in [3.05, 3.63) is 59.4 Å². The van der Waals surface area contributed by atoms with Crippen LogP contribution in [0.1, 0.15) is 28.8 Å². The molecule has 4 rings (SSSR count). The van der Waals surface area contributed by atoms with Crippen LogP contribution in [0.15, 0.2) is 42.5 Å². The summed E-state index contributed by atoms with van der Waals surface area (Å²) < 4.78 is 13.6. The summed E-state index contributed by atoms with van der Waals surface area (Å²) in [6.07, 6.45) is 2.29. The van der Waals surface area contributed by atoms with Gasteiger partial charge in [-0.3, -0.25) is 9.59 Å². The van der Waals surface area contributed by atoms with Gasteiger partial charge >= 0.3 is 0 Å². The van der Waals surface area contributed by atoms with Gasteiger partial charge in [0, 0.05) is 18.7 Å². The number of carbonyl (C=O) groups excluding carboxylic acids is 2. The van der Waals surface area contributed by atoms with Gasteiger partial charge in [-0.15, -0.1) is 0 Å². The predicted octanol–water partition coefficient (Wildman–Crippen LogP) is 2.72. The van der Waals surface area contributed by atoms with Crippen molar-refractivity contribution in [2.45, 2.75) is 25.3 Å². The van der Waals surface area contributed by atoms with E-state index >= 15 is 0 Å². The van der Waals surface area contributed by atoms with Gasteiger partial charge in [0.2, 0.25) is 5.91 Å². The highest BCUT2D eigenvalue weighted by atomic mass is 19.1. The van der Waals surface area contributed by atoms with E-state index in [-0.39, 0.29) is 23.7 Å².